The fourth-order valence-electron chi connectivity index (χ4n) is 0.681. The predicted octanol–water partition coefficient (Wildman–Crippen LogP) is 0.855. The van der Waals surface area contributed by atoms with Crippen molar-refractivity contribution in [2.24, 2.45) is 0 Å². The molecule has 0 aliphatic heterocycles. The van der Waals surface area contributed by atoms with Crippen molar-refractivity contribution in [1.82, 2.24) is 10.6 Å². The zero-order chi connectivity index (χ0) is 10.7. The summed E-state index contributed by atoms with van der Waals surface area (Å²) < 4.78 is 0. The Kier molecular flexibility index (Phi) is 3.72. The molecule has 3 N–H and O–H groups in total. The number of carbonyl (C=O) groups excluding carboxylic acids is 1. The summed E-state index contributed by atoms with van der Waals surface area (Å²) >= 11 is 0. The maximum Gasteiger partial charge on any atom is 0.315 e. The van der Waals surface area contributed by atoms with Crippen molar-refractivity contribution in [2.75, 3.05) is 6.54 Å². The highest BCUT2D eigenvalue weighted by atomic mass is 16.3. The van der Waals surface area contributed by atoms with Crippen LogP contribution in [-0.4, -0.2) is 28.8 Å². The molecule has 0 aromatic rings. The highest BCUT2D eigenvalue weighted by Crippen LogP contribution is 1.99. The Hall–Kier alpha value is -0.770. The zero-order valence-corrected chi connectivity index (χ0v) is 9.06. The molecule has 0 saturated heterocycles. The molecular weight excluding hydrogens is 168 g/mol. The lowest BCUT2D eigenvalue weighted by atomic mass is 10.1. The quantitative estimate of drug-likeness (QED) is 0.601. The van der Waals surface area contributed by atoms with Crippen LogP contribution in [-0.2, 0) is 0 Å². The minimum atomic E-state index is -0.866. The first-order valence-corrected chi connectivity index (χ1v) is 4.38. The first-order valence-electron chi connectivity index (χ1n) is 4.38. The number of hydrogen-bond acceptors (Lipinski definition) is 2. The molecule has 0 fully saturated rings. The van der Waals surface area contributed by atoms with E-state index in [0.717, 1.165) is 0 Å². The van der Waals surface area contributed by atoms with E-state index in [1.807, 2.05) is 20.8 Å². The predicted molar refractivity (Wildman–Crippen MR) is 52.6 cm³/mol. The third kappa shape index (κ3) is 9.14. The van der Waals surface area contributed by atoms with E-state index in [2.05, 4.69) is 10.6 Å². The molecule has 0 aromatic carbocycles. The molecule has 4 heteroatoms. The molecule has 0 aromatic heterocycles. The maximum absolute atomic E-state index is 11.2. The van der Waals surface area contributed by atoms with Crippen LogP contribution in [0, 0.1) is 0 Å². The van der Waals surface area contributed by atoms with Gasteiger partial charge in [-0.3, -0.25) is 0 Å². The van der Waals surface area contributed by atoms with E-state index < -0.39 is 5.60 Å². The van der Waals surface area contributed by atoms with Gasteiger partial charge >= 0.3 is 6.03 Å². The van der Waals surface area contributed by atoms with Gasteiger partial charge in [0.05, 0.1) is 5.60 Å². The third-order valence-electron chi connectivity index (χ3n) is 1.17. The van der Waals surface area contributed by atoms with Crippen molar-refractivity contribution in [3.05, 3.63) is 0 Å². The molecule has 78 valence electrons. The summed E-state index contributed by atoms with van der Waals surface area (Å²) in [6, 6.07) is -0.255. The second kappa shape index (κ2) is 3.96. The number of urea groups is 1. The minimum Gasteiger partial charge on any atom is -0.389 e. The summed E-state index contributed by atoms with van der Waals surface area (Å²) in [6.45, 7) is 9.23. The lowest BCUT2D eigenvalue weighted by Gasteiger charge is -2.23. The number of nitrogens with one attached hydrogen (secondary N) is 2. The Bertz CT molecular complexity index is 177. The van der Waals surface area contributed by atoms with Gasteiger partial charge in [-0.05, 0) is 34.6 Å². The molecule has 0 aliphatic carbocycles. The van der Waals surface area contributed by atoms with Gasteiger partial charge in [0.15, 0.2) is 0 Å². The summed E-state index contributed by atoms with van der Waals surface area (Å²) in [7, 11) is 0. The first kappa shape index (κ1) is 12.2. The smallest absolute Gasteiger partial charge is 0.315 e. The van der Waals surface area contributed by atoms with E-state index in [0.29, 0.717) is 0 Å². The van der Waals surface area contributed by atoms with Gasteiger partial charge in [-0.1, -0.05) is 0 Å². The monoisotopic (exact) mass is 188 g/mol. The Morgan fingerprint density at radius 1 is 1.23 bits per heavy atom. The Labute approximate surface area is 79.7 Å². The number of carbonyl (C=O) groups is 1. The molecular formula is C9H20N2O2. The molecule has 0 saturated carbocycles. The normalized spacial score (nSPS) is 12.5. The van der Waals surface area contributed by atoms with Gasteiger partial charge in [0.2, 0.25) is 0 Å². The molecule has 2 amide bonds. The number of amides is 2. The molecule has 0 spiro atoms. The molecule has 13 heavy (non-hydrogen) atoms. The average Bonchev–Trinajstić information content (AvgIpc) is 1.78. The van der Waals surface area contributed by atoms with Crippen LogP contribution in [0.3, 0.4) is 0 Å². The van der Waals surface area contributed by atoms with Gasteiger partial charge < -0.3 is 15.7 Å². The van der Waals surface area contributed by atoms with E-state index >= 15 is 0 Å². The lowest BCUT2D eigenvalue weighted by Crippen LogP contribution is -2.49. The molecule has 0 unspecified atom stereocenters. The Morgan fingerprint density at radius 3 is 2.00 bits per heavy atom. The van der Waals surface area contributed by atoms with Crippen molar-refractivity contribution in [2.45, 2.75) is 45.8 Å². The Morgan fingerprint density at radius 2 is 1.69 bits per heavy atom. The molecule has 0 aliphatic rings. The van der Waals surface area contributed by atoms with Crippen LogP contribution >= 0.6 is 0 Å². The number of hydrogen-bond donors (Lipinski definition) is 3. The van der Waals surface area contributed by atoms with Crippen molar-refractivity contribution in [1.29, 1.82) is 0 Å². The van der Waals surface area contributed by atoms with Crippen LogP contribution in [0.4, 0.5) is 4.79 Å². The molecule has 4 nitrogen and oxygen atoms in total. The van der Waals surface area contributed by atoms with Gasteiger partial charge in [-0.2, -0.15) is 0 Å². The highest BCUT2D eigenvalue weighted by Gasteiger charge is 2.17. The van der Waals surface area contributed by atoms with Gasteiger partial charge in [0.1, 0.15) is 0 Å². The van der Waals surface area contributed by atoms with Crippen LogP contribution < -0.4 is 10.6 Å². The average molecular weight is 188 g/mol. The first-order chi connectivity index (χ1) is 5.60. The van der Waals surface area contributed by atoms with Crippen molar-refractivity contribution >= 4 is 6.03 Å². The van der Waals surface area contributed by atoms with E-state index in [9.17, 15) is 9.90 Å². The van der Waals surface area contributed by atoms with Crippen LogP contribution in [0.25, 0.3) is 0 Å². The standard InChI is InChI=1S/C9H20N2O2/c1-8(2,3)11-7(12)10-6-9(4,5)13/h13H,6H2,1-5H3,(H2,10,11,12). The second-order valence-corrected chi connectivity index (χ2v) is 4.87. The molecule has 0 radical (unpaired) electrons. The fraction of sp³-hybridized carbons (Fsp3) is 0.889. The zero-order valence-electron chi connectivity index (χ0n) is 9.06. The number of rotatable bonds is 2. The minimum absolute atomic E-state index is 0.245. The molecule has 0 bridgehead atoms. The Balaban J connectivity index is 3.78. The third-order valence-corrected chi connectivity index (χ3v) is 1.17. The van der Waals surface area contributed by atoms with Gasteiger partial charge in [0.25, 0.3) is 0 Å². The van der Waals surface area contributed by atoms with Crippen LogP contribution in [0.15, 0.2) is 0 Å². The number of aliphatic hydroxyl groups is 1. The van der Waals surface area contributed by atoms with Gasteiger partial charge in [-0.25, -0.2) is 4.79 Å². The lowest BCUT2D eigenvalue weighted by molar-refractivity contribution is 0.0815. The van der Waals surface area contributed by atoms with Crippen molar-refractivity contribution in [3.63, 3.8) is 0 Å². The highest BCUT2D eigenvalue weighted by molar-refractivity contribution is 5.74. The summed E-state index contributed by atoms with van der Waals surface area (Å²) in [5.74, 6) is 0. The van der Waals surface area contributed by atoms with Crippen molar-refractivity contribution < 1.29 is 9.90 Å². The van der Waals surface area contributed by atoms with E-state index in [1.165, 1.54) is 0 Å². The van der Waals surface area contributed by atoms with E-state index in [1.54, 1.807) is 13.8 Å². The molecule has 0 heterocycles. The van der Waals surface area contributed by atoms with Gasteiger partial charge in [0, 0.05) is 12.1 Å². The summed E-state index contributed by atoms with van der Waals surface area (Å²) in [4.78, 5) is 11.2. The summed E-state index contributed by atoms with van der Waals surface area (Å²) in [5, 5.41) is 14.6. The topological polar surface area (TPSA) is 61.4 Å². The summed E-state index contributed by atoms with van der Waals surface area (Å²) in [5.41, 5.74) is -1.11. The largest absolute Gasteiger partial charge is 0.389 e. The SMILES string of the molecule is CC(C)(O)CNC(=O)NC(C)(C)C. The summed E-state index contributed by atoms with van der Waals surface area (Å²) in [6.07, 6.45) is 0. The van der Waals surface area contributed by atoms with Crippen LogP contribution in [0.2, 0.25) is 0 Å². The van der Waals surface area contributed by atoms with Crippen LogP contribution in [0.1, 0.15) is 34.6 Å². The van der Waals surface area contributed by atoms with Crippen LogP contribution in [0.5, 0.6) is 0 Å². The van der Waals surface area contributed by atoms with Crippen molar-refractivity contribution in [3.8, 4) is 0 Å². The van der Waals surface area contributed by atoms with E-state index in [4.69, 9.17) is 0 Å². The van der Waals surface area contributed by atoms with E-state index in [-0.39, 0.29) is 18.1 Å². The maximum atomic E-state index is 11.2. The molecule has 0 atom stereocenters. The second-order valence-electron chi connectivity index (χ2n) is 4.87. The fourth-order valence-corrected chi connectivity index (χ4v) is 0.681. The van der Waals surface area contributed by atoms with Gasteiger partial charge in [-0.15, -0.1) is 0 Å². The molecule has 0 rings (SSSR count).